The Morgan fingerprint density at radius 1 is 1.07 bits per heavy atom. The van der Waals surface area contributed by atoms with E-state index in [0.29, 0.717) is 10.3 Å². The monoisotopic (exact) mass is 649 g/mol. The van der Waals surface area contributed by atoms with Crippen molar-refractivity contribution >= 4 is 46.7 Å². The summed E-state index contributed by atoms with van der Waals surface area (Å²) in [5.41, 5.74) is -0.00487. The van der Waals surface area contributed by atoms with E-state index in [1.165, 1.54) is 15.9 Å². The van der Waals surface area contributed by atoms with Gasteiger partial charge in [0, 0.05) is 50.5 Å². The van der Waals surface area contributed by atoms with E-state index in [-0.39, 0.29) is 56.2 Å². The Bertz CT molecular complexity index is 1510. The molecule has 4 amide bonds. The Morgan fingerprint density at radius 3 is 2.39 bits per heavy atom. The van der Waals surface area contributed by atoms with Crippen LogP contribution in [0.4, 0.5) is 13.6 Å². The van der Waals surface area contributed by atoms with Gasteiger partial charge in [0.2, 0.25) is 5.91 Å². The number of aromatic nitrogens is 1. The number of nitrogens with one attached hydrogen (secondary N) is 1. The van der Waals surface area contributed by atoms with Crippen LogP contribution in [0.2, 0.25) is 0 Å². The zero-order chi connectivity index (χ0) is 33.6. The molecule has 0 radical (unpaired) electrons. The summed E-state index contributed by atoms with van der Waals surface area (Å²) in [7, 11) is 0. The molecule has 17 heteroatoms. The number of carboxylic acids is 2. The van der Waals surface area contributed by atoms with Gasteiger partial charge in [-0.3, -0.25) is 19.2 Å². The van der Waals surface area contributed by atoms with Crippen LogP contribution in [0, 0.1) is 0 Å². The number of likely N-dealkylation sites (tertiary alicyclic amines) is 1. The van der Waals surface area contributed by atoms with Gasteiger partial charge in [-0.1, -0.05) is 12.1 Å². The molecular formula is C29H33F2N5O10. The Morgan fingerprint density at radius 2 is 1.74 bits per heavy atom. The summed E-state index contributed by atoms with van der Waals surface area (Å²) in [6.45, 7) is 0.575. The summed E-state index contributed by atoms with van der Waals surface area (Å²) in [4.78, 5) is 82.0. The van der Waals surface area contributed by atoms with E-state index in [2.05, 4.69) is 10.3 Å². The molecule has 1 aromatic heterocycles. The van der Waals surface area contributed by atoms with E-state index < -0.39 is 79.8 Å². The second-order valence-corrected chi connectivity index (χ2v) is 10.7. The Balaban J connectivity index is 1.50. The van der Waals surface area contributed by atoms with Crippen molar-refractivity contribution in [1.82, 2.24) is 25.0 Å². The highest BCUT2D eigenvalue weighted by Crippen LogP contribution is 2.32. The largest absolute Gasteiger partial charge is 0.483 e. The van der Waals surface area contributed by atoms with Gasteiger partial charge in [0.05, 0.1) is 18.7 Å². The Kier molecular flexibility index (Phi) is 10.5. The molecule has 4 rings (SSSR count). The molecule has 248 valence electrons. The first-order valence-corrected chi connectivity index (χ1v) is 14.5. The van der Waals surface area contributed by atoms with Crippen LogP contribution < -0.4 is 10.1 Å². The number of hydrogen-bond acceptors (Lipinski definition) is 9. The molecule has 2 saturated heterocycles. The highest BCUT2D eigenvalue weighted by Gasteiger charge is 2.50. The number of carbonyl (C=O) groups excluding carboxylic acids is 4. The summed E-state index contributed by atoms with van der Waals surface area (Å²) < 4.78 is 38.4. The maximum atomic E-state index is 13.9. The molecule has 3 heterocycles. The molecule has 2 aromatic rings. The van der Waals surface area contributed by atoms with E-state index in [9.17, 15) is 47.8 Å². The molecule has 2 fully saturated rings. The van der Waals surface area contributed by atoms with Crippen molar-refractivity contribution in [3.05, 3.63) is 36.0 Å². The number of piperazine rings is 1. The van der Waals surface area contributed by atoms with Crippen molar-refractivity contribution in [1.29, 1.82) is 0 Å². The lowest BCUT2D eigenvalue weighted by Gasteiger charge is -2.35. The third-order valence-electron chi connectivity index (χ3n) is 7.50. The maximum absolute atomic E-state index is 13.9. The van der Waals surface area contributed by atoms with Gasteiger partial charge < -0.3 is 39.7 Å². The molecule has 46 heavy (non-hydrogen) atoms. The van der Waals surface area contributed by atoms with Crippen LogP contribution in [0.25, 0.3) is 10.9 Å². The zero-order valence-corrected chi connectivity index (χ0v) is 24.8. The predicted octanol–water partition coefficient (Wildman–Crippen LogP) is 1.20. The second kappa shape index (κ2) is 14.3. The number of nitrogens with zero attached hydrogens (tertiary/aromatic N) is 4. The van der Waals surface area contributed by atoms with Crippen LogP contribution in [-0.2, 0) is 23.9 Å². The molecule has 0 aliphatic carbocycles. The fraction of sp³-hybridized carbons (Fsp3) is 0.483. The van der Waals surface area contributed by atoms with Gasteiger partial charge in [0.1, 0.15) is 23.5 Å². The molecule has 2 aliphatic rings. The van der Waals surface area contributed by atoms with Crippen molar-refractivity contribution in [3.63, 3.8) is 0 Å². The van der Waals surface area contributed by atoms with E-state index in [1.54, 1.807) is 31.2 Å². The molecule has 0 saturated carbocycles. The van der Waals surface area contributed by atoms with Crippen molar-refractivity contribution in [2.24, 2.45) is 0 Å². The average molecular weight is 650 g/mol. The number of benzene rings is 1. The molecule has 2 aliphatic heterocycles. The van der Waals surface area contributed by atoms with Gasteiger partial charge in [-0.2, -0.15) is 0 Å². The molecular weight excluding hydrogens is 616 g/mol. The number of rotatable bonds is 11. The smallest absolute Gasteiger partial charge is 0.409 e. The summed E-state index contributed by atoms with van der Waals surface area (Å²) in [5, 5.41) is 21.4. The quantitative estimate of drug-likeness (QED) is 0.316. The average Bonchev–Trinajstić information content (AvgIpc) is 3.37. The molecule has 0 spiro atoms. The minimum atomic E-state index is -3.38. The number of carboxylic acid groups (broad SMARTS) is 2. The number of alkyl halides is 2. The minimum Gasteiger partial charge on any atom is -0.483 e. The number of aliphatic carboxylic acids is 2. The summed E-state index contributed by atoms with van der Waals surface area (Å²) >= 11 is 0. The van der Waals surface area contributed by atoms with E-state index >= 15 is 0 Å². The molecule has 2 atom stereocenters. The fourth-order valence-corrected chi connectivity index (χ4v) is 5.20. The van der Waals surface area contributed by atoms with Crippen molar-refractivity contribution in [3.8, 4) is 5.75 Å². The lowest BCUT2D eigenvalue weighted by molar-refractivity contribution is -0.149. The van der Waals surface area contributed by atoms with Crippen molar-refractivity contribution < 1.29 is 57.2 Å². The normalized spacial score (nSPS) is 18.2. The first kappa shape index (κ1) is 33.8. The van der Waals surface area contributed by atoms with Gasteiger partial charge in [-0.05, 0) is 25.5 Å². The topological polar surface area (TPSA) is 196 Å². The number of ether oxygens (including phenoxy) is 2. The van der Waals surface area contributed by atoms with Crippen LogP contribution in [0.15, 0.2) is 30.3 Å². The Hall–Kier alpha value is -5.09. The summed E-state index contributed by atoms with van der Waals surface area (Å²) in [5.74, 6) is -8.60. The molecule has 3 N–H and O–H groups in total. The molecule has 0 bridgehead atoms. The third kappa shape index (κ3) is 8.13. The lowest BCUT2D eigenvalue weighted by atomic mass is 10.1. The maximum Gasteiger partial charge on any atom is 0.409 e. The van der Waals surface area contributed by atoms with E-state index in [1.807, 2.05) is 0 Å². The van der Waals surface area contributed by atoms with Crippen molar-refractivity contribution in [2.45, 2.75) is 44.2 Å². The number of hydrogen-bond donors (Lipinski definition) is 3. The van der Waals surface area contributed by atoms with Gasteiger partial charge in [-0.15, -0.1) is 0 Å². The molecule has 1 aromatic carbocycles. The Labute approximate surface area is 261 Å². The number of fused-ring (bicyclic) bond motifs is 1. The summed E-state index contributed by atoms with van der Waals surface area (Å²) in [6.07, 6.45) is -2.23. The lowest BCUT2D eigenvalue weighted by Crippen LogP contribution is -2.56. The van der Waals surface area contributed by atoms with Crippen LogP contribution >= 0.6 is 0 Å². The minimum absolute atomic E-state index is 0.0366. The molecule has 2 unspecified atom stereocenters. The van der Waals surface area contributed by atoms with E-state index in [0.717, 1.165) is 0 Å². The summed E-state index contributed by atoms with van der Waals surface area (Å²) in [6, 6.07) is 4.54. The third-order valence-corrected chi connectivity index (χ3v) is 7.50. The fourth-order valence-electron chi connectivity index (χ4n) is 5.20. The predicted molar refractivity (Wildman–Crippen MR) is 153 cm³/mol. The van der Waals surface area contributed by atoms with Crippen LogP contribution in [-0.4, -0.2) is 130 Å². The number of carbonyl (C=O) groups is 6. The SMILES string of the molecule is CCOC(=O)N1CCN(C(=O)C(CCC(=O)O)NC(=O)c2cc(OCC(=O)N3CC(F)(F)CC3C(=O)O)c3ccccc3n2)CC1. The zero-order valence-electron chi connectivity index (χ0n) is 24.8. The first-order chi connectivity index (χ1) is 21.8. The van der Waals surface area contributed by atoms with E-state index in [4.69, 9.17) is 9.47 Å². The number of pyridine rings is 1. The van der Waals surface area contributed by atoms with Gasteiger partial charge >= 0.3 is 18.0 Å². The number of halogens is 2. The molecule has 15 nitrogen and oxygen atoms in total. The van der Waals surface area contributed by atoms with Crippen LogP contribution in [0.5, 0.6) is 5.75 Å². The van der Waals surface area contributed by atoms with Crippen LogP contribution in [0.3, 0.4) is 0 Å². The number of amides is 4. The van der Waals surface area contributed by atoms with Crippen molar-refractivity contribution in [2.75, 3.05) is 45.9 Å². The highest BCUT2D eigenvalue weighted by molar-refractivity contribution is 5.99. The first-order valence-electron chi connectivity index (χ1n) is 14.5. The number of para-hydroxylation sites is 1. The van der Waals surface area contributed by atoms with Gasteiger partial charge in [0.25, 0.3) is 17.7 Å². The van der Waals surface area contributed by atoms with Crippen LogP contribution in [0.1, 0.15) is 36.7 Å². The second-order valence-electron chi connectivity index (χ2n) is 10.7. The standard InChI is InChI=1S/C29H33F2N5O10/c1-2-45-28(44)35-11-9-34(10-12-35)26(41)19(7-8-24(38)39)33-25(40)20-13-22(17-5-3-4-6-18(17)32-20)46-15-23(37)36-16-29(30,31)14-21(36)27(42)43/h3-6,13,19,21H,2,7-12,14-16H2,1H3,(H,33,40)(H,38,39)(H,42,43). The van der Waals surface area contributed by atoms with Gasteiger partial charge in [-0.25, -0.2) is 23.4 Å². The van der Waals surface area contributed by atoms with Gasteiger partial charge in [0.15, 0.2) is 6.61 Å². The highest BCUT2D eigenvalue weighted by atomic mass is 19.3.